The zero-order valence-electron chi connectivity index (χ0n) is 43.4. The fourth-order valence-electron chi connectivity index (χ4n) is 10.5. The molecule has 17 heteroatoms. The van der Waals surface area contributed by atoms with Crippen molar-refractivity contribution in [2.45, 2.75) is 136 Å². The van der Waals surface area contributed by atoms with E-state index < -0.39 is 18.2 Å². The third kappa shape index (κ3) is 14.1. The summed E-state index contributed by atoms with van der Waals surface area (Å²) in [4.78, 5) is 80.6. The van der Waals surface area contributed by atoms with E-state index in [2.05, 4.69) is 36.0 Å². The highest BCUT2D eigenvalue weighted by molar-refractivity contribution is 5.88. The molecular formula is C54H80N10O7. The number of ether oxygens (including phenoxy) is 2. The van der Waals surface area contributed by atoms with Gasteiger partial charge in [-0.25, -0.2) is 19.1 Å². The molecule has 3 saturated heterocycles. The monoisotopic (exact) mass is 981 g/mol. The molecule has 17 nitrogen and oxygen atoms in total. The third-order valence-electron chi connectivity index (χ3n) is 15.0. The minimum Gasteiger partial charge on any atom is -0.428 e. The van der Waals surface area contributed by atoms with Crippen LogP contribution in [0.25, 0.3) is 21.8 Å². The average molecular weight is 981 g/mol. The number of urea groups is 1. The molecule has 0 bridgehead atoms. The number of aryl methyl sites for hydroxylation is 1. The number of carbonyl (C=O) groups excluding carboxylic acids is 4. The summed E-state index contributed by atoms with van der Waals surface area (Å²) in [5.74, 6) is -0.219. The molecule has 4 aromatic rings. The molecule has 388 valence electrons. The van der Waals surface area contributed by atoms with Gasteiger partial charge >= 0.3 is 18.2 Å². The van der Waals surface area contributed by atoms with E-state index in [-0.39, 0.29) is 43.3 Å². The number of hydrogen-bond acceptors (Lipinski definition) is 10. The Bertz CT molecular complexity index is 2470. The van der Waals surface area contributed by atoms with Crippen molar-refractivity contribution in [3.8, 4) is 0 Å². The summed E-state index contributed by atoms with van der Waals surface area (Å²) in [6, 6.07) is 13.0. The summed E-state index contributed by atoms with van der Waals surface area (Å²) in [6.45, 7) is 13.0. The van der Waals surface area contributed by atoms with Crippen LogP contribution in [0.15, 0.2) is 53.5 Å². The maximum Gasteiger partial charge on any atom is 0.411 e. The molecule has 5 heterocycles. The van der Waals surface area contributed by atoms with Crippen molar-refractivity contribution < 1.29 is 28.7 Å². The third-order valence-corrected chi connectivity index (χ3v) is 15.0. The number of nitrogens with one attached hydrogen (secondary N) is 1. The van der Waals surface area contributed by atoms with Crippen LogP contribution in [0.5, 0.6) is 0 Å². The quantitative estimate of drug-likeness (QED) is 0.0875. The first kappa shape index (κ1) is 53.1. The van der Waals surface area contributed by atoms with Crippen LogP contribution >= 0.6 is 0 Å². The lowest BCUT2D eigenvalue weighted by Crippen LogP contribution is -2.59. The van der Waals surface area contributed by atoms with Crippen LogP contribution in [0, 0.1) is 6.92 Å². The summed E-state index contributed by atoms with van der Waals surface area (Å²) in [5, 5.41) is 9.63. The molecule has 0 spiro atoms. The molecule has 0 saturated carbocycles. The van der Waals surface area contributed by atoms with E-state index >= 15 is 0 Å². The highest BCUT2D eigenvalue weighted by Crippen LogP contribution is 2.29. The van der Waals surface area contributed by atoms with Crippen molar-refractivity contribution in [3.05, 3.63) is 75.7 Å². The van der Waals surface area contributed by atoms with E-state index in [9.17, 15) is 24.0 Å². The van der Waals surface area contributed by atoms with E-state index in [0.717, 1.165) is 118 Å². The Hall–Kier alpha value is -5.68. The Morgan fingerprint density at radius 2 is 1.38 bits per heavy atom. The Morgan fingerprint density at radius 1 is 0.746 bits per heavy atom. The molecule has 2 aromatic carbocycles. The lowest BCUT2D eigenvalue weighted by molar-refractivity contribution is -0.135. The minimum absolute atomic E-state index is 0.0253. The Balaban J connectivity index is 1.02. The summed E-state index contributed by atoms with van der Waals surface area (Å²) in [5.41, 5.74) is 3.70. The lowest BCUT2D eigenvalue weighted by atomic mass is 9.89. The van der Waals surface area contributed by atoms with Gasteiger partial charge in [0.25, 0.3) is 5.56 Å². The summed E-state index contributed by atoms with van der Waals surface area (Å²) < 4.78 is 14.5. The Morgan fingerprint density at radius 3 is 2.03 bits per heavy atom. The largest absolute Gasteiger partial charge is 0.428 e. The minimum atomic E-state index is -0.818. The zero-order valence-corrected chi connectivity index (χ0v) is 43.4. The lowest BCUT2D eigenvalue weighted by Gasteiger charge is -2.43. The number of pyridine rings is 1. The summed E-state index contributed by atoms with van der Waals surface area (Å²) in [6.07, 6.45) is 13.1. The van der Waals surface area contributed by atoms with Crippen molar-refractivity contribution in [2.24, 2.45) is 0 Å². The molecule has 3 fully saturated rings. The van der Waals surface area contributed by atoms with Crippen molar-refractivity contribution in [3.63, 3.8) is 0 Å². The number of para-hydroxylation sites is 1. The number of benzene rings is 2. The number of piperazine rings is 1. The van der Waals surface area contributed by atoms with Gasteiger partial charge in [-0.15, -0.1) is 0 Å². The van der Waals surface area contributed by atoms with Crippen LogP contribution in [0.2, 0.25) is 0 Å². The van der Waals surface area contributed by atoms with Crippen molar-refractivity contribution in [2.75, 3.05) is 86.6 Å². The van der Waals surface area contributed by atoms with Crippen LogP contribution in [0.1, 0.15) is 114 Å². The van der Waals surface area contributed by atoms with Gasteiger partial charge in [0, 0.05) is 96.1 Å². The average Bonchev–Trinajstić information content (AvgIpc) is 3.81. The van der Waals surface area contributed by atoms with Crippen molar-refractivity contribution in [1.82, 2.24) is 49.1 Å². The SMILES string of the molecule is CCCCCCN(C)C(=O)OCn1cc2cc(C[C@@H](NC(=O)N3CCC(c4cc5ccccc5n(COC(=O)N(C)CCCCCC)c4=O)CC3)C(=O)N3CCN(C4CCN(C)CC4)CC3)cc(C)c2n1. The highest BCUT2D eigenvalue weighted by Gasteiger charge is 2.34. The fourth-order valence-corrected chi connectivity index (χ4v) is 10.5. The molecule has 71 heavy (non-hydrogen) atoms. The van der Waals surface area contributed by atoms with Gasteiger partial charge in [-0.1, -0.05) is 76.6 Å². The second-order valence-electron chi connectivity index (χ2n) is 20.3. The molecule has 5 amide bonds. The molecule has 1 N–H and O–H groups in total. The first-order chi connectivity index (χ1) is 34.3. The van der Waals surface area contributed by atoms with E-state index in [0.29, 0.717) is 69.2 Å². The fraction of sp³-hybridized carbons (Fsp3) is 0.630. The van der Waals surface area contributed by atoms with E-state index in [1.807, 2.05) is 60.5 Å². The summed E-state index contributed by atoms with van der Waals surface area (Å²) >= 11 is 0. The smallest absolute Gasteiger partial charge is 0.411 e. The maximum atomic E-state index is 14.6. The normalized spacial score (nSPS) is 16.9. The van der Waals surface area contributed by atoms with Crippen LogP contribution in [0.3, 0.4) is 0 Å². The molecule has 0 radical (unpaired) electrons. The number of fused-ring (bicyclic) bond motifs is 2. The van der Waals surface area contributed by atoms with Gasteiger partial charge in [0.05, 0.1) is 11.0 Å². The van der Waals surface area contributed by atoms with Crippen LogP contribution in [-0.2, 0) is 34.2 Å². The summed E-state index contributed by atoms with van der Waals surface area (Å²) in [7, 11) is 5.65. The predicted molar refractivity (Wildman–Crippen MR) is 277 cm³/mol. The molecule has 2 aromatic heterocycles. The second-order valence-corrected chi connectivity index (χ2v) is 20.3. The molecule has 7 rings (SSSR count). The molecule has 3 aliphatic heterocycles. The number of amides is 5. The van der Waals surface area contributed by atoms with Crippen LogP contribution in [-0.4, -0.2) is 167 Å². The Kier molecular flexibility index (Phi) is 19.2. The van der Waals surface area contributed by atoms with Crippen molar-refractivity contribution in [1.29, 1.82) is 0 Å². The van der Waals surface area contributed by atoms with E-state index in [1.54, 1.807) is 38.0 Å². The number of piperidine rings is 2. The van der Waals surface area contributed by atoms with Gasteiger partial charge < -0.3 is 39.3 Å². The number of rotatable bonds is 20. The standard InChI is InChI=1S/C54H80N10O7/c1-7-9-11-15-23-58(5)53(68)70-38-63-37-44-34-41(33-40(3)49(44)56-63)35-47(51(66)61-31-29-60(30-32-61)45-21-25-57(4)26-22-45)55-52(67)62-27-19-42(20-28-62)46-36-43-17-13-14-18-48(43)64(50(46)65)39-71-54(69)59(6)24-16-12-10-8-2/h13-14,17-18,33-34,36-37,42,45,47H,7-12,15-16,19-32,35,38-39H2,1-6H3,(H,55,67)/t47-/m1/s1. The topological polar surface area (TPSA) is 158 Å². The van der Waals surface area contributed by atoms with Gasteiger partial charge in [0.2, 0.25) is 5.91 Å². The van der Waals surface area contributed by atoms with E-state index in [1.165, 1.54) is 0 Å². The number of nitrogens with zero attached hydrogens (tertiary/aromatic N) is 9. The van der Waals surface area contributed by atoms with Gasteiger partial charge in [0.15, 0.2) is 13.5 Å². The molecular weight excluding hydrogens is 901 g/mol. The van der Waals surface area contributed by atoms with Gasteiger partial charge in [-0.3, -0.25) is 19.1 Å². The predicted octanol–water partition coefficient (Wildman–Crippen LogP) is 7.61. The molecule has 1 atom stereocenters. The van der Waals surface area contributed by atoms with Crippen LogP contribution in [0.4, 0.5) is 14.4 Å². The first-order valence-electron chi connectivity index (χ1n) is 26.4. The number of carbonyl (C=O) groups is 4. The van der Waals surface area contributed by atoms with Crippen molar-refractivity contribution >= 4 is 45.9 Å². The highest BCUT2D eigenvalue weighted by atomic mass is 16.6. The maximum absolute atomic E-state index is 14.6. The molecule has 0 unspecified atom stereocenters. The number of likely N-dealkylation sites (tertiary alicyclic amines) is 2. The second kappa shape index (κ2) is 25.6. The Labute approximate surface area is 420 Å². The molecule has 3 aliphatic rings. The number of aromatic nitrogens is 3. The van der Waals surface area contributed by atoms with Crippen LogP contribution < -0.4 is 10.9 Å². The number of hydrogen-bond donors (Lipinski definition) is 1. The van der Waals surface area contributed by atoms with Gasteiger partial charge in [-0.05, 0) is 106 Å². The molecule has 0 aliphatic carbocycles. The first-order valence-corrected chi connectivity index (χ1v) is 26.4. The number of unbranched alkanes of at least 4 members (excludes halogenated alkanes) is 6. The zero-order chi connectivity index (χ0) is 50.4. The van der Waals surface area contributed by atoms with Gasteiger partial charge in [0.1, 0.15) is 6.04 Å². The van der Waals surface area contributed by atoms with Gasteiger partial charge in [-0.2, -0.15) is 5.10 Å². The van der Waals surface area contributed by atoms with E-state index in [4.69, 9.17) is 14.6 Å².